The van der Waals surface area contributed by atoms with Crippen LogP contribution in [0, 0.1) is 0 Å². The van der Waals surface area contributed by atoms with E-state index in [4.69, 9.17) is 5.53 Å². The molecule has 0 saturated carbocycles. The van der Waals surface area contributed by atoms with E-state index in [1.807, 2.05) is 18.2 Å². The van der Waals surface area contributed by atoms with Gasteiger partial charge in [0.2, 0.25) is 0 Å². The van der Waals surface area contributed by atoms with Gasteiger partial charge >= 0.3 is 0 Å². The van der Waals surface area contributed by atoms with Crippen LogP contribution in [0.15, 0.2) is 52.4 Å². The van der Waals surface area contributed by atoms with Gasteiger partial charge in [-0.1, -0.05) is 23.3 Å². The van der Waals surface area contributed by atoms with Crippen LogP contribution >= 0.6 is 0 Å². The molecule has 86 valence electrons. The highest BCUT2D eigenvalue weighted by atomic mass is 16.1. The lowest BCUT2D eigenvalue weighted by Crippen LogP contribution is -2.03. The number of nitrogens with zero attached hydrogens (tertiary/aromatic N) is 3. The van der Waals surface area contributed by atoms with Crippen LogP contribution in [0.3, 0.4) is 0 Å². The Morgan fingerprint density at radius 1 is 1.06 bits per heavy atom. The lowest BCUT2D eigenvalue weighted by Gasteiger charge is -2.02. The minimum atomic E-state index is -0.0214. The van der Waals surface area contributed by atoms with Crippen LogP contribution in [-0.4, -0.2) is 4.98 Å². The smallest absolute Gasteiger partial charge is 0.197 e. The van der Waals surface area contributed by atoms with E-state index in [1.165, 1.54) is 0 Å². The number of benzene rings is 2. The van der Waals surface area contributed by atoms with Crippen molar-refractivity contribution >= 4 is 27.5 Å². The average Bonchev–Trinajstić information content (AvgIpc) is 2.39. The number of hydrogen-bond donors (Lipinski definition) is 1. The molecule has 1 heterocycles. The summed E-state index contributed by atoms with van der Waals surface area (Å²) in [5.74, 6) is 0. The number of hydrogen-bond acceptors (Lipinski definition) is 2. The fourth-order valence-corrected chi connectivity index (χ4v) is 2.03. The molecule has 5 heteroatoms. The molecule has 0 aliphatic heterocycles. The molecule has 0 spiro atoms. The summed E-state index contributed by atoms with van der Waals surface area (Å²) in [6.07, 6.45) is 0. The summed E-state index contributed by atoms with van der Waals surface area (Å²) in [6.45, 7) is 0. The molecule has 5 nitrogen and oxygen atoms in total. The van der Waals surface area contributed by atoms with Crippen LogP contribution in [0.4, 0.5) is 5.69 Å². The number of azide groups is 1. The average molecular weight is 236 g/mol. The standard InChI is InChI=1S/C13H8N4O/c14-17-16-8-5-6-10-12(7-8)15-11-4-2-1-3-9(11)13(10)18/h1-7H,(H,15,18). The van der Waals surface area contributed by atoms with Gasteiger partial charge in [0, 0.05) is 26.9 Å². The summed E-state index contributed by atoms with van der Waals surface area (Å²) >= 11 is 0. The first-order chi connectivity index (χ1) is 8.79. The van der Waals surface area contributed by atoms with Crippen molar-refractivity contribution in [2.24, 2.45) is 5.11 Å². The minimum Gasteiger partial charge on any atom is -0.354 e. The van der Waals surface area contributed by atoms with Crippen LogP contribution in [0.2, 0.25) is 0 Å². The molecule has 0 aliphatic rings. The molecule has 0 amide bonds. The molecule has 0 fully saturated rings. The summed E-state index contributed by atoms with van der Waals surface area (Å²) in [4.78, 5) is 18.1. The Balaban J connectivity index is 2.47. The van der Waals surface area contributed by atoms with Crippen molar-refractivity contribution in [2.45, 2.75) is 0 Å². The van der Waals surface area contributed by atoms with Crippen LogP contribution in [-0.2, 0) is 0 Å². The maximum absolute atomic E-state index is 12.2. The van der Waals surface area contributed by atoms with Gasteiger partial charge in [0.25, 0.3) is 0 Å². The topological polar surface area (TPSA) is 81.6 Å². The van der Waals surface area contributed by atoms with Gasteiger partial charge in [0.1, 0.15) is 0 Å². The molecule has 18 heavy (non-hydrogen) atoms. The summed E-state index contributed by atoms with van der Waals surface area (Å²) in [7, 11) is 0. The van der Waals surface area contributed by atoms with Crippen molar-refractivity contribution < 1.29 is 0 Å². The fraction of sp³-hybridized carbons (Fsp3) is 0. The summed E-state index contributed by atoms with van der Waals surface area (Å²) in [6, 6.07) is 12.3. The van der Waals surface area contributed by atoms with Crippen molar-refractivity contribution in [1.29, 1.82) is 0 Å². The number of aromatic amines is 1. The van der Waals surface area contributed by atoms with Crippen LogP contribution in [0.25, 0.3) is 32.2 Å². The molecule has 3 aromatic rings. The number of pyridine rings is 1. The zero-order valence-corrected chi connectivity index (χ0v) is 9.29. The Kier molecular flexibility index (Phi) is 2.25. The van der Waals surface area contributed by atoms with E-state index in [1.54, 1.807) is 24.3 Å². The first-order valence-electron chi connectivity index (χ1n) is 5.39. The van der Waals surface area contributed by atoms with E-state index in [0.717, 1.165) is 5.52 Å². The van der Waals surface area contributed by atoms with Gasteiger partial charge in [-0.2, -0.15) is 0 Å². The summed E-state index contributed by atoms with van der Waals surface area (Å²) in [5, 5.41) is 4.77. The largest absolute Gasteiger partial charge is 0.354 e. The van der Waals surface area contributed by atoms with E-state index < -0.39 is 0 Å². The quantitative estimate of drug-likeness (QED) is 0.297. The molecule has 0 aliphatic carbocycles. The van der Waals surface area contributed by atoms with Gasteiger partial charge in [-0.25, -0.2) is 0 Å². The number of aromatic nitrogens is 1. The molecule has 0 radical (unpaired) electrons. The van der Waals surface area contributed by atoms with E-state index in [0.29, 0.717) is 22.0 Å². The monoisotopic (exact) mass is 236 g/mol. The first kappa shape index (κ1) is 10.4. The first-order valence-corrected chi connectivity index (χ1v) is 5.39. The van der Waals surface area contributed by atoms with E-state index >= 15 is 0 Å². The Hall–Kier alpha value is -2.78. The second-order valence-electron chi connectivity index (χ2n) is 3.92. The van der Waals surface area contributed by atoms with Gasteiger partial charge in [0.15, 0.2) is 5.43 Å². The lowest BCUT2D eigenvalue weighted by molar-refractivity contribution is 1.44. The molecule has 0 unspecified atom stereocenters. The predicted molar refractivity (Wildman–Crippen MR) is 70.9 cm³/mol. The Morgan fingerprint density at radius 2 is 1.83 bits per heavy atom. The molecule has 1 N–H and O–H groups in total. The summed E-state index contributed by atoms with van der Waals surface area (Å²) in [5.41, 5.74) is 10.3. The van der Waals surface area contributed by atoms with Crippen LogP contribution in [0.5, 0.6) is 0 Å². The predicted octanol–water partition coefficient (Wildman–Crippen LogP) is 3.62. The molecule has 2 aromatic carbocycles. The molecule has 3 rings (SSSR count). The lowest BCUT2D eigenvalue weighted by atomic mass is 10.1. The third-order valence-corrected chi connectivity index (χ3v) is 2.85. The van der Waals surface area contributed by atoms with Gasteiger partial charge in [-0.05, 0) is 29.8 Å². The second kappa shape index (κ2) is 3.91. The number of H-pyrrole nitrogens is 1. The van der Waals surface area contributed by atoms with Crippen LogP contribution < -0.4 is 5.43 Å². The van der Waals surface area contributed by atoms with Crippen molar-refractivity contribution in [3.05, 3.63) is 63.1 Å². The number of fused-ring (bicyclic) bond motifs is 2. The third kappa shape index (κ3) is 1.50. The normalized spacial score (nSPS) is 10.4. The Morgan fingerprint density at radius 3 is 2.67 bits per heavy atom. The molecular formula is C13H8N4O. The molecular weight excluding hydrogens is 228 g/mol. The van der Waals surface area contributed by atoms with E-state index in [-0.39, 0.29) is 5.43 Å². The maximum atomic E-state index is 12.2. The number of nitrogens with one attached hydrogen (secondary N) is 1. The van der Waals surface area contributed by atoms with Crippen LogP contribution in [0.1, 0.15) is 0 Å². The number of rotatable bonds is 1. The SMILES string of the molecule is [N-]=[N+]=Nc1ccc2c(=O)c3ccccc3[nH]c2c1. The highest BCUT2D eigenvalue weighted by molar-refractivity contribution is 5.93. The fourth-order valence-electron chi connectivity index (χ4n) is 2.03. The van der Waals surface area contributed by atoms with Crippen molar-refractivity contribution in [2.75, 3.05) is 0 Å². The Bertz CT molecular complexity index is 860. The zero-order chi connectivity index (χ0) is 12.5. The van der Waals surface area contributed by atoms with Gasteiger partial charge < -0.3 is 4.98 Å². The highest BCUT2D eigenvalue weighted by Gasteiger charge is 2.04. The van der Waals surface area contributed by atoms with Crippen molar-refractivity contribution in [3.8, 4) is 0 Å². The van der Waals surface area contributed by atoms with Gasteiger partial charge in [-0.3, -0.25) is 4.79 Å². The highest BCUT2D eigenvalue weighted by Crippen LogP contribution is 2.20. The molecule has 0 bridgehead atoms. The molecule has 1 aromatic heterocycles. The molecule has 0 saturated heterocycles. The van der Waals surface area contributed by atoms with Gasteiger partial charge in [0.05, 0.1) is 5.52 Å². The number of para-hydroxylation sites is 1. The molecule has 0 atom stereocenters. The summed E-state index contributed by atoms with van der Waals surface area (Å²) < 4.78 is 0. The second-order valence-corrected chi connectivity index (χ2v) is 3.92. The Labute approximate surface area is 101 Å². The maximum Gasteiger partial charge on any atom is 0.197 e. The van der Waals surface area contributed by atoms with Crippen molar-refractivity contribution in [3.63, 3.8) is 0 Å². The van der Waals surface area contributed by atoms with Gasteiger partial charge in [-0.15, -0.1) is 0 Å². The van der Waals surface area contributed by atoms with E-state index in [9.17, 15) is 4.79 Å². The third-order valence-electron chi connectivity index (χ3n) is 2.85. The minimum absolute atomic E-state index is 0.0214. The zero-order valence-electron chi connectivity index (χ0n) is 9.29. The van der Waals surface area contributed by atoms with Crippen molar-refractivity contribution in [1.82, 2.24) is 4.98 Å². The van der Waals surface area contributed by atoms with E-state index in [2.05, 4.69) is 15.0 Å².